The number of esters is 1. The first-order chi connectivity index (χ1) is 8.54. The summed E-state index contributed by atoms with van der Waals surface area (Å²) in [5.74, 6) is 0.344. The fraction of sp³-hybridized carbons (Fsp3) is 0.643. The molecule has 1 atom stereocenters. The van der Waals surface area contributed by atoms with E-state index in [4.69, 9.17) is 4.74 Å². The molecule has 1 aliphatic carbocycles. The quantitative estimate of drug-likeness (QED) is 0.805. The Hall–Kier alpha value is -0.870. The van der Waals surface area contributed by atoms with Crippen molar-refractivity contribution in [2.75, 3.05) is 13.7 Å². The molecule has 0 radical (unpaired) electrons. The number of methoxy groups -OCH3 is 1. The summed E-state index contributed by atoms with van der Waals surface area (Å²) in [4.78, 5) is 13.1. The maximum absolute atomic E-state index is 11.7. The molecule has 1 unspecified atom stereocenters. The van der Waals surface area contributed by atoms with Gasteiger partial charge in [0.1, 0.15) is 6.04 Å². The highest BCUT2D eigenvalue weighted by Gasteiger charge is 2.37. The zero-order valence-corrected chi connectivity index (χ0v) is 12.0. The Morgan fingerprint density at radius 1 is 1.61 bits per heavy atom. The van der Waals surface area contributed by atoms with Crippen molar-refractivity contribution in [1.29, 1.82) is 0 Å². The van der Waals surface area contributed by atoms with E-state index in [1.807, 2.05) is 0 Å². The minimum absolute atomic E-state index is 0.0509. The van der Waals surface area contributed by atoms with Gasteiger partial charge in [0.2, 0.25) is 0 Å². The molecule has 1 aromatic rings. The average Bonchev–Trinajstić information content (AvgIpc) is 3.01. The fourth-order valence-corrected chi connectivity index (χ4v) is 2.97. The highest BCUT2D eigenvalue weighted by Crippen LogP contribution is 2.34. The van der Waals surface area contributed by atoms with Gasteiger partial charge in [0.15, 0.2) is 0 Å². The zero-order chi connectivity index (χ0) is 13.2. The molecule has 1 saturated carbocycles. The van der Waals surface area contributed by atoms with Crippen LogP contribution in [0.5, 0.6) is 0 Å². The van der Waals surface area contributed by atoms with Gasteiger partial charge in [-0.1, -0.05) is 19.9 Å². The Kier molecular flexibility index (Phi) is 4.07. The van der Waals surface area contributed by atoms with E-state index in [0.29, 0.717) is 5.92 Å². The molecule has 100 valence electrons. The highest BCUT2D eigenvalue weighted by molar-refractivity contribution is 7.10. The number of hydrogen-bond donors (Lipinski definition) is 1. The first kappa shape index (κ1) is 13.6. The molecule has 4 heteroatoms. The topological polar surface area (TPSA) is 38.3 Å². The third-order valence-electron chi connectivity index (χ3n) is 3.50. The first-order valence-electron chi connectivity index (χ1n) is 6.40. The van der Waals surface area contributed by atoms with Gasteiger partial charge in [-0.3, -0.25) is 4.79 Å². The molecule has 2 rings (SSSR count). The second-order valence-corrected chi connectivity index (χ2v) is 6.53. The summed E-state index contributed by atoms with van der Waals surface area (Å²) >= 11 is 1.76. The van der Waals surface area contributed by atoms with E-state index in [9.17, 15) is 4.79 Å². The summed E-state index contributed by atoms with van der Waals surface area (Å²) in [6, 6.07) is 4.09. The minimum Gasteiger partial charge on any atom is -0.468 e. The summed E-state index contributed by atoms with van der Waals surface area (Å²) in [6.07, 6.45) is 2.26. The van der Waals surface area contributed by atoms with E-state index >= 15 is 0 Å². The monoisotopic (exact) mass is 267 g/mol. The summed E-state index contributed by atoms with van der Waals surface area (Å²) in [5.41, 5.74) is 0.0509. The molecule has 18 heavy (non-hydrogen) atoms. The second-order valence-electron chi connectivity index (χ2n) is 5.58. The molecule has 0 bridgehead atoms. The molecule has 1 N–H and O–H groups in total. The lowest BCUT2D eigenvalue weighted by atomic mass is 9.91. The largest absolute Gasteiger partial charge is 0.468 e. The van der Waals surface area contributed by atoms with Crippen LogP contribution in [0.1, 0.15) is 31.6 Å². The summed E-state index contributed by atoms with van der Waals surface area (Å²) in [6.45, 7) is 5.20. The van der Waals surface area contributed by atoms with Crippen LogP contribution >= 0.6 is 11.3 Å². The van der Waals surface area contributed by atoms with Crippen LogP contribution in [0.2, 0.25) is 0 Å². The van der Waals surface area contributed by atoms with E-state index in [1.165, 1.54) is 12.0 Å². The number of hydrogen-bond acceptors (Lipinski definition) is 4. The van der Waals surface area contributed by atoms with Crippen molar-refractivity contribution in [1.82, 2.24) is 5.32 Å². The summed E-state index contributed by atoms with van der Waals surface area (Å²) in [5, 5.41) is 5.49. The molecule has 0 saturated heterocycles. The lowest BCUT2D eigenvalue weighted by Crippen LogP contribution is -2.45. The van der Waals surface area contributed by atoms with Crippen molar-refractivity contribution in [3.05, 3.63) is 22.4 Å². The van der Waals surface area contributed by atoms with Crippen molar-refractivity contribution in [2.45, 2.75) is 38.1 Å². The highest BCUT2D eigenvalue weighted by atomic mass is 32.1. The van der Waals surface area contributed by atoms with Crippen molar-refractivity contribution in [3.8, 4) is 0 Å². The van der Waals surface area contributed by atoms with Crippen LogP contribution in [-0.2, 0) is 14.9 Å². The SMILES string of the molecule is COC(=O)C(NCC(C)(C)c1cccs1)C1CC1. The summed E-state index contributed by atoms with van der Waals surface area (Å²) < 4.78 is 4.87. The number of rotatable bonds is 6. The van der Waals surface area contributed by atoms with Gasteiger partial charge in [0.25, 0.3) is 0 Å². The Bertz CT molecular complexity index is 396. The normalized spacial score (nSPS) is 17.5. The smallest absolute Gasteiger partial charge is 0.323 e. The maximum Gasteiger partial charge on any atom is 0.323 e. The number of carbonyl (C=O) groups is 1. The van der Waals surface area contributed by atoms with Crippen molar-refractivity contribution >= 4 is 17.3 Å². The Balaban J connectivity index is 1.95. The van der Waals surface area contributed by atoms with Gasteiger partial charge < -0.3 is 10.1 Å². The number of thiophene rings is 1. The Labute approximate surface area is 113 Å². The van der Waals surface area contributed by atoms with Crippen LogP contribution in [0, 0.1) is 5.92 Å². The average molecular weight is 267 g/mol. The van der Waals surface area contributed by atoms with Gasteiger partial charge in [0, 0.05) is 16.8 Å². The molecule has 0 amide bonds. The molecule has 1 aliphatic rings. The zero-order valence-electron chi connectivity index (χ0n) is 11.2. The predicted molar refractivity (Wildman–Crippen MR) is 73.9 cm³/mol. The second kappa shape index (κ2) is 5.41. The summed E-state index contributed by atoms with van der Waals surface area (Å²) in [7, 11) is 1.46. The van der Waals surface area contributed by atoms with Crippen LogP contribution in [0.3, 0.4) is 0 Å². The van der Waals surface area contributed by atoms with Crippen molar-refractivity contribution < 1.29 is 9.53 Å². The van der Waals surface area contributed by atoms with Gasteiger partial charge in [-0.15, -0.1) is 11.3 Å². The molecule has 1 fully saturated rings. The van der Waals surface area contributed by atoms with Crippen LogP contribution in [0.4, 0.5) is 0 Å². The van der Waals surface area contributed by atoms with Gasteiger partial charge >= 0.3 is 5.97 Å². The van der Waals surface area contributed by atoms with Crippen LogP contribution in [0.25, 0.3) is 0 Å². The molecule has 3 nitrogen and oxygen atoms in total. The standard InChI is InChI=1S/C14H21NO2S/c1-14(2,11-5-4-8-18-11)9-15-12(10-6-7-10)13(16)17-3/h4-5,8,10,12,15H,6-7,9H2,1-3H3. The van der Waals surface area contributed by atoms with Gasteiger partial charge in [-0.05, 0) is 30.2 Å². The van der Waals surface area contributed by atoms with Crippen LogP contribution < -0.4 is 5.32 Å². The number of ether oxygens (including phenoxy) is 1. The Morgan fingerprint density at radius 3 is 2.83 bits per heavy atom. The molecule has 0 aromatic carbocycles. The molecular formula is C14H21NO2S. The van der Waals surface area contributed by atoms with E-state index in [1.54, 1.807) is 11.3 Å². The molecule has 1 heterocycles. The lowest BCUT2D eigenvalue weighted by molar-refractivity contribution is -0.143. The number of nitrogens with one attached hydrogen (secondary N) is 1. The fourth-order valence-electron chi connectivity index (χ4n) is 2.11. The molecule has 0 aliphatic heterocycles. The van der Waals surface area contributed by atoms with Gasteiger partial charge in [-0.2, -0.15) is 0 Å². The predicted octanol–water partition coefficient (Wildman–Crippen LogP) is 2.57. The van der Waals surface area contributed by atoms with Crippen LogP contribution in [-0.4, -0.2) is 25.7 Å². The van der Waals surface area contributed by atoms with E-state index in [-0.39, 0.29) is 17.4 Å². The van der Waals surface area contributed by atoms with E-state index in [2.05, 4.69) is 36.7 Å². The third-order valence-corrected chi connectivity index (χ3v) is 4.74. The minimum atomic E-state index is -0.130. The lowest BCUT2D eigenvalue weighted by Gasteiger charge is -2.26. The van der Waals surface area contributed by atoms with Crippen LogP contribution in [0.15, 0.2) is 17.5 Å². The van der Waals surface area contributed by atoms with Crippen molar-refractivity contribution in [2.24, 2.45) is 5.92 Å². The maximum atomic E-state index is 11.7. The van der Waals surface area contributed by atoms with Crippen molar-refractivity contribution in [3.63, 3.8) is 0 Å². The third kappa shape index (κ3) is 3.12. The molecular weight excluding hydrogens is 246 g/mol. The van der Waals surface area contributed by atoms with Gasteiger partial charge in [-0.25, -0.2) is 0 Å². The Morgan fingerprint density at radius 2 is 2.33 bits per heavy atom. The van der Waals surface area contributed by atoms with Gasteiger partial charge in [0.05, 0.1) is 7.11 Å². The molecule has 0 spiro atoms. The first-order valence-corrected chi connectivity index (χ1v) is 7.28. The van der Waals surface area contributed by atoms with E-state index in [0.717, 1.165) is 19.4 Å². The molecule has 1 aromatic heterocycles. The van der Waals surface area contributed by atoms with E-state index < -0.39 is 0 Å². The number of carbonyl (C=O) groups excluding carboxylic acids is 1.